The second-order valence-electron chi connectivity index (χ2n) is 6.90. The van der Waals surface area contributed by atoms with E-state index in [2.05, 4.69) is 11.8 Å². The normalized spacial score (nSPS) is 24.1. The molecule has 1 saturated heterocycles. The summed E-state index contributed by atoms with van der Waals surface area (Å²) in [4.78, 5) is 16.4. The van der Waals surface area contributed by atoms with Crippen LogP contribution in [0.3, 0.4) is 0 Å². The van der Waals surface area contributed by atoms with Gasteiger partial charge >= 0.3 is 6.09 Å². The summed E-state index contributed by atoms with van der Waals surface area (Å²) < 4.78 is 5.43. The number of ether oxygens (including phenoxy) is 1. The van der Waals surface area contributed by atoms with Gasteiger partial charge < -0.3 is 14.5 Å². The van der Waals surface area contributed by atoms with Gasteiger partial charge in [0.2, 0.25) is 0 Å². The standard InChI is InChI=1S/C15H28N2O2/c1-5-16(13-6-7-13)10-12-8-9-17(11-12)14(18)19-15(2,3)4/h12-13H,5-11H2,1-4H3/t12-/m1/s1. The smallest absolute Gasteiger partial charge is 0.410 e. The number of carbonyl (C=O) groups is 1. The summed E-state index contributed by atoms with van der Waals surface area (Å²) in [6.45, 7) is 12.0. The fraction of sp³-hybridized carbons (Fsp3) is 0.933. The lowest BCUT2D eigenvalue weighted by atomic mass is 10.1. The van der Waals surface area contributed by atoms with Crippen molar-refractivity contribution in [3.05, 3.63) is 0 Å². The molecule has 19 heavy (non-hydrogen) atoms. The van der Waals surface area contributed by atoms with Crippen LogP contribution in [0.5, 0.6) is 0 Å². The molecule has 1 aliphatic carbocycles. The Morgan fingerprint density at radius 3 is 2.53 bits per heavy atom. The van der Waals surface area contributed by atoms with Crippen molar-refractivity contribution >= 4 is 6.09 Å². The molecule has 0 spiro atoms. The van der Waals surface area contributed by atoms with Crippen LogP contribution < -0.4 is 0 Å². The topological polar surface area (TPSA) is 32.8 Å². The monoisotopic (exact) mass is 268 g/mol. The minimum absolute atomic E-state index is 0.149. The van der Waals surface area contributed by atoms with E-state index in [9.17, 15) is 4.79 Å². The average molecular weight is 268 g/mol. The Balaban J connectivity index is 1.77. The van der Waals surface area contributed by atoms with E-state index in [1.54, 1.807) is 0 Å². The highest BCUT2D eigenvalue weighted by Gasteiger charge is 2.34. The molecule has 0 aromatic heterocycles. The fourth-order valence-corrected chi connectivity index (χ4v) is 2.78. The number of hydrogen-bond acceptors (Lipinski definition) is 3. The molecule has 0 radical (unpaired) electrons. The summed E-state index contributed by atoms with van der Waals surface area (Å²) in [6.07, 6.45) is 3.68. The zero-order chi connectivity index (χ0) is 14.0. The molecule has 2 rings (SSSR count). The zero-order valence-corrected chi connectivity index (χ0v) is 12.8. The van der Waals surface area contributed by atoms with Crippen molar-refractivity contribution in [1.29, 1.82) is 0 Å². The van der Waals surface area contributed by atoms with E-state index in [4.69, 9.17) is 4.74 Å². The number of nitrogens with zero attached hydrogens (tertiary/aromatic N) is 2. The Kier molecular flexibility index (Phi) is 4.39. The molecule has 0 N–H and O–H groups in total. The number of likely N-dealkylation sites (tertiary alicyclic amines) is 1. The first kappa shape index (κ1) is 14.6. The highest BCUT2D eigenvalue weighted by atomic mass is 16.6. The van der Waals surface area contributed by atoms with Crippen LogP contribution in [-0.2, 0) is 4.74 Å². The van der Waals surface area contributed by atoms with E-state index in [0.717, 1.165) is 38.6 Å². The largest absolute Gasteiger partial charge is 0.444 e. The summed E-state index contributed by atoms with van der Waals surface area (Å²) >= 11 is 0. The van der Waals surface area contributed by atoms with Crippen molar-refractivity contribution in [2.45, 2.75) is 58.6 Å². The Morgan fingerprint density at radius 2 is 2.00 bits per heavy atom. The summed E-state index contributed by atoms with van der Waals surface area (Å²) in [6, 6.07) is 0.820. The Hall–Kier alpha value is -0.770. The molecule has 1 amide bonds. The maximum absolute atomic E-state index is 12.0. The Labute approximate surface area is 117 Å². The Bertz CT molecular complexity index is 321. The quantitative estimate of drug-likeness (QED) is 0.786. The maximum Gasteiger partial charge on any atom is 0.410 e. The first-order chi connectivity index (χ1) is 8.89. The molecule has 0 aromatic rings. The molecule has 4 heteroatoms. The third-order valence-corrected chi connectivity index (χ3v) is 3.90. The predicted molar refractivity (Wildman–Crippen MR) is 76.2 cm³/mol. The van der Waals surface area contributed by atoms with Crippen molar-refractivity contribution in [3.8, 4) is 0 Å². The van der Waals surface area contributed by atoms with Crippen LogP contribution in [0.15, 0.2) is 0 Å². The maximum atomic E-state index is 12.0. The minimum Gasteiger partial charge on any atom is -0.444 e. The van der Waals surface area contributed by atoms with E-state index in [-0.39, 0.29) is 6.09 Å². The Morgan fingerprint density at radius 1 is 1.32 bits per heavy atom. The molecule has 110 valence electrons. The first-order valence-electron chi connectivity index (χ1n) is 7.61. The molecule has 1 saturated carbocycles. The lowest BCUT2D eigenvalue weighted by Gasteiger charge is -2.26. The molecule has 1 aliphatic heterocycles. The molecule has 1 heterocycles. The summed E-state index contributed by atoms with van der Waals surface area (Å²) in [5.41, 5.74) is -0.390. The van der Waals surface area contributed by atoms with Gasteiger partial charge in [-0.25, -0.2) is 4.79 Å². The van der Waals surface area contributed by atoms with Crippen LogP contribution in [0.2, 0.25) is 0 Å². The van der Waals surface area contributed by atoms with E-state index in [1.165, 1.54) is 12.8 Å². The van der Waals surface area contributed by atoms with Crippen LogP contribution in [0.25, 0.3) is 0 Å². The highest BCUT2D eigenvalue weighted by molar-refractivity contribution is 5.68. The van der Waals surface area contributed by atoms with E-state index in [0.29, 0.717) is 5.92 Å². The molecule has 2 aliphatic rings. The third kappa shape index (κ3) is 4.37. The molecular formula is C15H28N2O2. The van der Waals surface area contributed by atoms with Crippen molar-refractivity contribution in [2.24, 2.45) is 5.92 Å². The van der Waals surface area contributed by atoms with Gasteiger partial charge in [0.25, 0.3) is 0 Å². The second-order valence-corrected chi connectivity index (χ2v) is 6.90. The van der Waals surface area contributed by atoms with Crippen LogP contribution in [-0.4, -0.2) is 53.7 Å². The lowest BCUT2D eigenvalue weighted by Crippen LogP contribution is -2.37. The molecule has 0 bridgehead atoms. The van der Waals surface area contributed by atoms with Gasteiger partial charge in [-0.15, -0.1) is 0 Å². The first-order valence-corrected chi connectivity index (χ1v) is 7.61. The molecule has 1 atom stereocenters. The van der Waals surface area contributed by atoms with Gasteiger partial charge in [0.1, 0.15) is 5.60 Å². The van der Waals surface area contributed by atoms with Gasteiger partial charge in [0.05, 0.1) is 0 Å². The van der Waals surface area contributed by atoms with Crippen LogP contribution >= 0.6 is 0 Å². The molecule has 0 unspecified atom stereocenters. The van der Waals surface area contributed by atoms with Crippen molar-refractivity contribution in [1.82, 2.24) is 9.80 Å². The number of hydrogen-bond donors (Lipinski definition) is 0. The van der Waals surface area contributed by atoms with Gasteiger partial charge in [0, 0.05) is 25.7 Å². The number of amides is 1. The van der Waals surface area contributed by atoms with Gasteiger partial charge in [0.15, 0.2) is 0 Å². The van der Waals surface area contributed by atoms with Crippen molar-refractivity contribution in [2.75, 3.05) is 26.2 Å². The zero-order valence-electron chi connectivity index (χ0n) is 12.8. The second kappa shape index (κ2) is 5.70. The predicted octanol–water partition coefficient (Wildman–Crippen LogP) is 2.73. The lowest BCUT2D eigenvalue weighted by molar-refractivity contribution is 0.0285. The SMILES string of the molecule is CCN(C[C@H]1CCN(C(=O)OC(C)(C)C)C1)C1CC1. The van der Waals surface area contributed by atoms with Gasteiger partial charge in [-0.3, -0.25) is 0 Å². The molecule has 2 fully saturated rings. The minimum atomic E-state index is -0.390. The number of rotatable bonds is 4. The summed E-state index contributed by atoms with van der Waals surface area (Å²) in [7, 11) is 0. The molecular weight excluding hydrogens is 240 g/mol. The van der Waals surface area contributed by atoms with Crippen LogP contribution in [0.1, 0.15) is 47.0 Å². The molecule has 4 nitrogen and oxygen atoms in total. The highest BCUT2D eigenvalue weighted by Crippen LogP contribution is 2.29. The van der Waals surface area contributed by atoms with E-state index < -0.39 is 5.60 Å². The number of carbonyl (C=O) groups excluding carboxylic acids is 1. The summed E-state index contributed by atoms with van der Waals surface area (Å²) in [5, 5.41) is 0. The van der Waals surface area contributed by atoms with Crippen molar-refractivity contribution in [3.63, 3.8) is 0 Å². The van der Waals surface area contributed by atoms with E-state index >= 15 is 0 Å². The van der Waals surface area contributed by atoms with Crippen LogP contribution in [0.4, 0.5) is 4.79 Å². The van der Waals surface area contributed by atoms with E-state index in [1.807, 2.05) is 25.7 Å². The van der Waals surface area contributed by atoms with Gasteiger partial charge in [-0.05, 0) is 52.5 Å². The van der Waals surface area contributed by atoms with Gasteiger partial charge in [-0.1, -0.05) is 6.92 Å². The third-order valence-electron chi connectivity index (χ3n) is 3.90. The van der Waals surface area contributed by atoms with Crippen molar-refractivity contribution < 1.29 is 9.53 Å². The van der Waals surface area contributed by atoms with Crippen LogP contribution in [0, 0.1) is 5.92 Å². The van der Waals surface area contributed by atoms with Gasteiger partial charge in [-0.2, -0.15) is 0 Å². The average Bonchev–Trinajstić information content (AvgIpc) is 3.03. The fourth-order valence-electron chi connectivity index (χ4n) is 2.78. The molecule has 0 aromatic carbocycles. The summed E-state index contributed by atoms with van der Waals surface area (Å²) in [5.74, 6) is 0.619.